The molecule has 0 fully saturated rings. The molecule has 0 amide bonds. The van der Waals surface area contributed by atoms with Crippen molar-refractivity contribution >= 4 is 0 Å². The number of nitriles is 1. The zero-order chi connectivity index (χ0) is 9.52. The monoisotopic (exact) mass is 176 g/mol. The van der Waals surface area contributed by atoms with Crippen LogP contribution in [0, 0.1) is 11.3 Å². The van der Waals surface area contributed by atoms with E-state index in [-0.39, 0.29) is 0 Å². The lowest BCUT2D eigenvalue weighted by atomic mass is 10.2. The number of rotatable bonds is 4. The SMILES string of the molecule is N#CC(N)CCOc1ccccc1. The van der Waals surface area contributed by atoms with Crippen molar-refractivity contribution in [3.63, 3.8) is 0 Å². The minimum Gasteiger partial charge on any atom is -0.493 e. The molecule has 68 valence electrons. The summed E-state index contributed by atoms with van der Waals surface area (Å²) in [5, 5.41) is 8.40. The maximum Gasteiger partial charge on any atom is 0.119 e. The molecular weight excluding hydrogens is 164 g/mol. The molecule has 0 bridgehead atoms. The smallest absolute Gasteiger partial charge is 0.119 e. The van der Waals surface area contributed by atoms with Gasteiger partial charge in [-0.05, 0) is 12.1 Å². The molecule has 0 aromatic heterocycles. The van der Waals surface area contributed by atoms with Crippen molar-refractivity contribution in [2.45, 2.75) is 12.5 Å². The van der Waals surface area contributed by atoms with Crippen molar-refractivity contribution in [2.24, 2.45) is 5.73 Å². The number of nitrogens with two attached hydrogens (primary N) is 1. The third-order valence-corrected chi connectivity index (χ3v) is 1.61. The van der Waals surface area contributed by atoms with E-state index in [0.717, 1.165) is 5.75 Å². The van der Waals surface area contributed by atoms with E-state index >= 15 is 0 Å². The molecule has 0 aliphatic rings. The number of benzene rings is 1. The molecule has 0 aliphatic carbocycles. The third kappa shape index (κ3) is 3.59. The van der Waals surface area contributed by atoms with Crippen molar-refractivity contribution in [3.05, 3.63) is 30.3 Å². The first-order chi connectivity index (χ1) is 6.33. The highest BCUT2D eigenvalue weighted by Crippen LogP contribution is 2.08. The summed E-state index contributed by atoms with van der Waals surface area (Å²) >= 11 is 0. The van der Waals surface area contributed by atoms with E-state index < -0.39 is 6.04 Å². The van der Waals surface area contributed by atoms with Crippen molar-refractivity contribution in [1.29, 1.82) is 5.26 Å². The van der Waals surface area contributed by atoms with Crippen molar-refractivity contribution in [2.75, 3.05) is 6.61 Å². The van der Waals surface area contributed by atoms with Gasteiger partial charge in [-0.15, -0.1) is 0 Å². The number of hydrogen-bond acceptors (Lipinski definition) is 3. The Morgan fingerprint density at radius 3 is 2.69 bits per heavy atom. The van der Waals surface area contributed by atoms with Crippen LogP contribution in [0.25, 0.3) is 0 Å². The van der Waals surface area contributed by atoms with Gasteiger partial charge in [-0.3, -0.25) is 0 Å². The van der Waals surface area contributed by atoms with Crippen LogP contribution in [-0.2, 0) is 0 Å². The quantitative estimate of drug-likeness (QED) is 0.752. The van der Waals surface area contributed by atoms with Crippen LogP contribution in [0.5, 0.6) is 5.75 Å². The Kier molecular flexibility index (Phi) is 3.80. The van der Waals surface area contributed by atoms with Gasteiger partial charge in [-0.2, -0.15) is 5.26 Å². The summed E-state index contributed by atoms with van der Waals surface area (Å²) in [6.45, 7) is 0.485. The van der Waals surface area contributed by atoms with E-state index in [2.05, 4.69) is 0 Å². The van der Waals surface area contributed by atoms with Gasteiger partial charge in [-0.1, -0.05) is 18.2 Å². The van der Waals surface area contributed by atoms with Crippen LogP contribution in [-0.4, -0.2) is 12.6 Å². The highest BCUT2D eigenvalue weighted by atomic mass is 16.5. The second-order valence-electron chi connectivity index (χ2n) is 2.69. The lowest BCUT2D eigenvalue weighted by Crippen LogP contribution is -2.20. The Morgan fingerprint density at radius 1 is 1.38 bits per heavy atom. The molecule has 0 saturated carbocycles. The maximum absolute atomic E-state index is 8.40. The highest BCUT2D eigenvalue weighted by molar-refractivity contribution is 5.20. The predicted molar refractivity (Wildman–Crippen MR) is 50.1 cm³/mol. The van der Waals surface area contributed by atoms with Gasteiger partial charge in [-0.25, -0.2) is 0 Å². The molecule has 1 atom stereocenters. The average Bonchev–Trinajstić information content (AvgIpc) is 2.19. The minimum absolute atomic E-state index is 0.427. The first kappa shape index (κ1) is 9.56. The van der Waals surface area contributed by atoms with E-state index in [1.807, 2.05) is 36.4 Å². The van der Waals surface area contributed by atoms with E-state index in [0.29, 0.717) is 13.0 Å². The normalized spacial score (nSPS) is 11.7. The van der Waals surface area contributed by atoms with Gasteiger partial charge in [0.05, 0.1) is 18.7 Å². The fraction of sp³-hybridized carbons (Fsp3) is 0.300. The second-order valence-corrected chi connectivity index (χ2v) is 2.69. The summed E-state index contributed by atoms with van der Waals surface area (Å²) < 4.78 is 5.35. The number of nitrogens with zero attached hydrogens (tertiary/aromatic N) is 1. The van der Waals surface area contributed by atoms with E-state index in [1.165, 1.54) is 0 Å². The van der Waals surface area contributed by atoms with Crippen LogP contribution in [0.2, 0.25) is 0 Å². The molecule has 0 heterocycles. The molecule has 1 aromatic carbocycles. The molecular formula is C10H12N2O. The largest absolute Gasteiger partial charge is 0.493 e. The molecule has 0 saturated heterocycles. The Morgan fingerprint density at radius 2 is 2.08 bits per heavy atom. The summed E-state index contributed by atoms with van der Waals surface area (Å²) in [5.74, 6) is 0.813. The van der Waals surface area contributed by atoms with Gasteiger partial charge >= 0.3 is 0 Å². The second kappa shape index (κ2) is 5.18. The fourth-order valence-electron chi connectivity index (χ4n) is 0.885. The van der Waals surface area contributed by atoms with Gasteiger partial charge in [0.15, 0.2) is 0 Å². The standard InChI is InChI=1S/C10H12N2O/c11-8-9(12)6-7-13-10-4-2-1-3-5-10/h1-5,9H,6-7,12H2. The average molecular weight is 176 g/mol. The van der Waals surface area contributed by atoms with Crippen LogP contribution in [0.3, 0.4) is 0 Å². The third-order valence-electron chi connectivity index (χ3n) is 1.61. The van der Waals surface area contributed by atoms with E-state index in [1.54, 1.807) is 0 Å². The maximum atomic E-state index is 8.40. The summed E-state index contributed by atoms with van der Waals surface area (Å²) in [4.78, 5) is 0. The van der Waals surface area contributed by atoms with Crippen LogP contribution in [0.1, 0.15) is 6.42 Å². The minimum atomic E-state index is -0.427. The summed E-state index contributed by atoms with van der Waals surface area (Å²) in [6, 6.07) is 11.0. The molecule has 1 aromatic rings. The molecule has 2 N–H and O–H groups in total. The van der Waals surface area contributed by atoms with Gasteiger partial charge in [0, 0.05) is 6.42 Å². The zero-order valence-corrected chi connectivity index (χ0v) is 7.31. The van der Waals surface area contributed by atoms with Gasteiger partial charge in [0.2, 0.25) is 0 Å². The molecule has 13 heavy (non-hydrogen) atoms. The Labute approximate surface area is 77.7 Å². The number of para-hydroxylation sites is 1. The predicted octanol–water partition coefficient (Wildman–Crippen LogP) is 1.31. The van der Waals surface area contributed by atoms with Gasteiger partial charge in [0.25, 0.3) is 0 Å². The lowest BCUT2D eigenvalue weighted by Gasteiger charge is -2.05. The molecule has 3 nitrogen and oxygen atoms in total. The summed E-state index contributed by atoms with van der Waals surface area (Å²) in [6.07, 6.45) is 0.561. The molecule has 1 rings (SSSR count). The zero-order valence-electron chi connectivity index (χ0n) is 7.31. The summed E-state index contributed by atoms with van der Waals surface area (Å²) in [5.41, 5.74) is 5.40. The molecule has 0 spiro atoms. The lowest BCUT2D eigenvalue weighted by molar-refractivity contribution is 0.306. The topological polar surface area (TPSA) is 59.0 Å². The fourth-order valence-corrected chi connectivity index (χ4v) is 0.885. The number of ether oxygens (including phenoxy) is 1. The van der Waals surface area contributed by atoms with Gasteiger partial charge < -0.3 is 10.5 Å². The molecule has 0 aliphatic heterocycles. The van der Waals surface area contributed by atoms with Crippen molar-refractivity contribution in [1.82, 2.24) is 0 Å². The first-order valence-electron chi connectivity index (χ1n) is 4.16. The van der Waals surface area contributed by atoms with Crippen LogP contribution < -0.4 is 10.5 Å². The van der Waals surface area contributed by atoms with Crippen LogP contribution >= 0.6 is 0 Å². The molecule has 1 unspecified atom stereocenters. The van der Waals surface area contributed by atoms with Crippen molar-refractivity contribution in [3.8, 4) is 11.8 Å². The Balaban J connectivity index is 2.25. The van der Waals surface area contributed by atoms with Gasteiger partial charge in [0.1, 0.15) is 5.75 Å². The molecule has 3 heteroatoms. The van der Waals surface area contributed by atoms with E-state index in [4.69, 9.17) is 15.7 Å². The summed E-state index contributed by atoms with van der Waals surface area (Å²) in [7, 11) is 0. The van der Waals surface area contributed by atoms with Crippen LogP contribution in [0.4, 0.5) is 0 Å². The highest BCUT2D eigenvalue weighted by Gasteiger charge is 1.99. The Bertz CT molecular complexity index is 279. The number of hydrogen-bond donors (Lipinski definition) is 1. The first-order valence-corrected chi connectivity index (χ1v) is 4.16. The van der Waals surface area contributed by atoms with Crippen LogP contribution in [0.15, 0.2) is 30.3 Å². The van der Waals surface area contributed by atoms with E-state index in [9.17, 15) is 0 Å². The Hall–Kier alpha value is -1.53. The molecule has 0 radical (unpaired) electrons. The van der Waals surface area contributed by atoms with Crippen molar-refractivity contribution < 1.29 is 4.74 Å².